The number of benzene rings is 3. The molecule has 0 fully saturated rings. The van der Waals surface area contributed by atoms with Crippen molar-refractivity contribution >= 4 is 91.8 Å². The molecule has 3 heterocycles. The van der Waals surface area contributed by atoms with E-state index in [9.17, 15) is 44.5 Å². The molecule has 0 saturated heterocycles. The van der Waals surface area contributed by atoms with Crippen molar-refractivity contribution < 1.29 is 29.4 Å². The summed E-state index contributed by atoms with van der Waals surface area (Å²) in [6.45, 7) is 0. The van der Waals surface area contributed by atoms with Gasteiger partial charge in [-0.05, 0) is 62.9 Å². The van der Waals surface area contributed by atoms with Crippen molar-refractivity contribution in [2.45, 2.75) is 0 Å². The molecule has 3 aromatic carbocycles. The van der Waals surface area contributed by atoms with Gasteiger partial charge in [-0.15, -0.1) is 0 Å². The molecular formula is C33H25BCl5N6O11P. The van der Waals surface area contributed by atoms with Crippen LogP contribution in [0.2, 0.25) is 10.3 Å². The molecule has 0 aliphatic rings. The molecule has 0 atom stereocenters. The van der Waals surface area contributed by atoms with Crippen LogP contribution < -0.4 is 16.6 Å². The molecule has 296 valence electrons. The maximum Gasteiger partial charge on any atom is 0.488 e. The van der Waals surface area contributed by atoms with Crippen molar-refractivity contribution in [3.63, 3.8) is 0 Å². The first kappa shape index (κ1) is 47.7. The second kappa shape index (κ2) is 23.6. The van der Waals surface area contributed by atoms with E-state index in [1.165, 1.54) is 24.3 Å². The number of nitrogens with zero attached hydrogens (tertiary/aromatic N) is 4. The predicted octanol–water partition coefficient (Wildman–Crippen LogP) is 8.37. The predicted molar refractivity (Wildman–Crippen MR) is 221 cm³/mol. The average Bonchev–Trinajstić information content (AvgIpc) is 3.15. The molecular weight excluding hydrogens is 875 g/mol. The van der Waals surface area contributed by atoms with E-state index in [-0.39, 0.29) is 16.0 Å². The number of nitro groups is 3. The van der Waals surface area contributed by atoms with Crippen molar-refractivity contribution in [1.29, 1.82) is 0 Å². The zero-order chi connectivity index (χ0) is 42.7. The van der Waals surface area contributed by atoms with E-state index in [4.69, 9.17) is 33.2 Å². The fourth-order valence-electron chi connectivity index (χ4n) is 3.94. The number of pyridine rings is 3. The average molecular weight is 901 g/mol. The third-order valence-corrected chi connectivity index (χ3v) is 6.91. The molecule has 57 heavy (non-hydrogen) atoms. The molecule has 0 spiro atoms. The lowest BCUT2D eigenvalue weighted by atomic mass is 9.81. The zero-order valence-corrected chi connectivity index (χ0v) is 33.1. The first-order valence-corrected chi connectivity index (χ1v) is 20.4. The van der Waals surface area contributed by atoms with Gasteiger partial charge in [0.25, 0.3) is 0 Å². The third-order valence-electron chi connectivity index (χ3n) is 6.41. The van der Waals surface area contributed by atoms with E-state index in [0.29, 0.717) is 16.9 Å². The first-order valence-electron chi connectivity index (χ1n) is 15.2. The maximum absolute atomic E-state index is 11.4. The lowest BCUT2D eigenvalue weighted by Crippen LogP contribution is -2.29. The van der Waals surface area contributed by atoms with Crippen LogP contribution >= 0.6 is 62.1 Å². The summed E-state index contributed by atoms with van der Waals surface area (Å²) < 4.78 is 9.51. The quantitative estimate of drug-likeness (QED) is 0.0404. The lowest BCUT2D eigenvalue weighted by Gasteiger charge is -2.01. The van der Waals surface area contributed by atoms with E-state index >= 15 is 0 Å². The van der Waals surface area contributed by atoms with Gasteiger partial charge in [0.1, 0.15) is 5.15 Å². The summed E-state index contributed by atoms with van der Waals surface area (Å²) in [5.41, 5.74) is 0.794. The molecule has 6 rings (SSSR count). The summed E-state index contributed by atoms with van der Waals surface area (Å²) in [5, 5.41) is 45.0. The summed E-state index contributed by atoms with van der Waals surface area (Å²) in [7, 11) is -1.34. The summed E-state index contributed by atoms with van der Waals surface area (Å²) in [6, 6.07) is 35.1. The van der Waals surface area contributed by atoms with E-state index < -0.39 is 49.6 Å². The molecule has 6 aromatic rings. The highest BCUT2D eigenvalue weighted by atomic mass is 36.0. The lowest BCUT2D eigenvalue weighted by molar-refractivity contribution is -0.386. The molecule has 0 unspecified atom stereocenters. The second-order valence-corrected chi connectivity index (χ2v) is 17.7. The number of aromatic amines is 2. The second-order valence-electron chi connectivity index (χ2n) is 10.3. The highest BCUT2D eigenvalue weighted by Gasteiger charge is 2.15. The molecule has 0 saturated carbocycles. The van der Waals surface area contributed by atoms with Crippen molar-refractivity contribution in [2.75, 3.05) is 0 Å². The topological polar surface area (TPSA) is 266 Å². The Labute approximate surface area is 345 Å². The van der Waals surface area contributed by atoms with Crippen LogP contribution in [0.15, 0.2) is 137 Å². The fourth-order valence-corrected chi connectivity index (χ4v) is 4.31. The van der Waals surface area contributed by atoms with E-state index in [2.05, 4.69) is 48.7 Å². The Kier molecular flexibility index (Phi) is 19.8. The molecule has 0 bridgehead atoms. The Morgan fingerprint density at radius 3 is 1.37 bits per heavy atom. The van der Waals surface area contributed by atoms with E-state index in [0.717, 1.165) is 17.2 Å². The molecule has 4 N–H and O–H groups in total. The number of H-pyrrole nitrogens is 2. The smallest absolute Gasteiger partial charge is 0.423 e. The molecule has 0 radical (unpaired) electrons. The fraction of sp³-hybridized carbons (Fsp3) is 0. The summed E-state index contributed by atoms with van der Waals surface area (Å²) in [6.07, 6.45) is 0. The Balaban J connectivity index is 0.000000258. The monoisotopic (exact) mass is 898 g/mol. The Morgan fingerprint density at radius 1 is 0.579 bits per heavy atom. The van der Waals surface area contributed by atoms with Crippen LogP contribution in [0.25, 0.3) is 22.5 Å². The van der Waals surface area contributed by atoms with Crippen LogP contribution in [0.1, 0.15) is 0 Å². The van der Waals surface area contributed by atoms with Crippen molar-refractivity contribution in [3.05, 3.63) is 189 Å². The van der Waals surface area contributed by atoms with Gasteiger partial charge in [-0.3, -0.25) is 44.5 Å². The van der Waals surface area contributed by atoms with Gasteiger partial charge in [0.15, 0.2) is 0 Å². The molecule has 3 aromatic heterocycles. The van der Waals surface area contributed by atoms with Crippen LogP contribution in [0, 0.1) is 30.3 Å². The van der Waals surface area contributed by atoms with Crippen LogP contribution in [0.4, 0.5) is 17.1 Å². The largest absolute Gasteiger partial charge is 0.488 e. The van der Waals surface area contributed by atoms with Gasteiger partial charge in [-0.1, -0.05) is 114 Å². The Morgan fingerprint density at radius 2 is 0.982 bits per heavy atom. The molecule has 0 amide bonds. The van der Waals surface area contributed by atoms with Gasteiger partial charge in [-0.25, -0.2) is 4.98 Å². The standard InChI is InChI=1S/C11H7ClN2O2.C11H8N2O3.C6H7BO2.C5H3ClN2O3.Cl3OP/c12-11-10(14(15)16)7-6-9(13-11)8-4-2-1-3-5-8;14-11-10(13(15)16)7-6-9(12-11)8-4-2-1-3-5-8;8-7(9)6-4-2-1-3-5-6;6-4-2-1-3(8(10)11)5(9)7-4;1-5(2,3)4/h1-7H;1-7H,(H,12,14);1-5,8-9H;1-2H,(H,7,9);. The van der Waals surface area contributed by atoms with Crippen molar-refractivity contribution in [3.8, 4) is 22.5 Å². The van der Waals surface area contributed by atoms with Gasteiger partial charge < -0.3 is 20.0 Å². The van der Waals surface area contributed by atoms with Crippen LogP contribution in [0.3, 0.4) is 0 Å². The zero-order valence-electron chi connectivity index (χ0n) is 28.4. The molecule has 17 nitrogen and oxygen atoms in total. The van der Waals surface area contributed by atoms with Gasteiger partial charge in [0, 0.05) is 29.5 Å². The minimum absolute atomic E-state index is 0.0839. The van der Waals surface area contributed by atoms with Crippen molar-refractivity contribution in [2.24, 2.45) is 0 Å². The number of aromatic nitrogens is 3. The van der Waals surface area contributed by atoms with Crippen molar-refractivity contribution in [1.82, 2.24) is 15.0 Å². The number of nitrogens with one attached hydrogen (secondary N) is 2. The molecule has 0 aliphatic carbocycles. The first-order chi connectivity index (χ1) is 26.8. The van der Waals surface area contributed by atoms with Gasteiger partial charge in [-0.2, -0.15) is 0 Å². The van der Waals surface area contributed by atoms with E-state index in [1.54, 1.807) is 30.3 Å². The normalized spacial score (nSPS) is 9.95. The van der Waals surface area contributed by atoms with Crippen LogP contribution in [0.5, 0.6) is 0 Å². The highest BCUT2D eigenvalue weighted by molar-refractivity contribution is 8.24. The summed E-state index contributed by atoms with van der Waals surface area (Å²) in [4.78, 5) is 59.7. The Hall–Kier alpha value is -5.43. The van der Waals surface area contributed by atoms with Gasteiger partial charge >= 0.3 is 40.5 Å². The maximum atomic E-state index is 11.4. The third kappa shape index (κ3) is 17.9. The molecule has 0 aliphatic heterocycles. The number of halogens is 5. The highest BCUT2D eigenvalue weighted by Crippen LogP contribution is 2.61. The van der Waals surface area contributed by atoms with Gasteiger partial charge in [0.2, 0.25) is 5.15 Å². The number of rotatable bonds is 6. The molecule has 24 heteroatoms. The summed E-state index contributed by atoms with van der Waals surface area (Å²) in [5.74, 6) is 0. The Bertz CT molecular complexity index is 2420. The van der Waals surface area contributed by atoms with Gasteiger partial charge in [0.05, 0.1) is 20.5 Å². The van der Waals surface area contributed by atoms with Crippen LogP contribution in [-0.2, 0) is 4.57 Å². The SMILES string of the molecule is O=P(Cl)(Cl)Cl.O=[N+]([O-])c1ccc(-c2ccccc2)nc1Cl.O=c1[nH]c(-c2ccccc2)ccc1[N+](=O)[O-].O=c1[nH]c(Cl)ccc1[N+](=O)[O-].OB(O)c1ccccc1. The number of hydrogen-bond acceptors (Lipinski definition) is 12. The summed E-state index contributed by atoms with van der Waals surface area (Å²) >= 11 is 24.9. The van der Waals surface area contributed by atoms with E-state index in [1.807, 2.05) is 66.7 Å². The minimum Gasteiger partial charge on any atom is -0.423 e. The minimum atomic E-state index is -3.22. The van der Waals surface area contributed by atoms with Crippen LogP contribution in [-0.4, -0.2) is 46.9 Å². The number of hydrogen-bond donors (Lipinski definition) is 4.